The Labute approximate surface area is 152 Å². The Morgan fingerprint density at radius 2 is 1.88 bits per heavy atom. The molecule has 2 N–H and O–H groups in total. The summed E-state index contributed by atoms with van der Waals surface area (Å²) in [6.07, 6.45) is -4.86. The molecule has 6 nitrogen and oxygen atoms in total. The van der Waals surface area contributed by atoms with Gasteiger partial charge in [0.2, 0.25) is 11.8 Å². The van der Waals surface area contributed by atoms with Gasteiger partial charge in [-0.15, -0.1) is 13.2 Å². The van der Waals surface area contributed by atoms with Gasteiger partial charge in [0.05, 0.1) is 5.54 Å². The molecule has 1 aromatic carbocycles. The first kappa shape index (κ1) is 20.1. The number of carbonyl (C=O) groups is 2. The van der Waals surface area contributed by atoms with Crippen LogP contribution in [0.1, 0.15) is 27.2 Å². The second-order valence-electron chi connectivity index (χ2n) is 6.51. The molecule has 0 aliphatic carbocycles. The second-order valence-corrected chi connectivity index (χ2v) is 7.70. The van der Waals surface area contributed by atoms with Gasteiger partial charge in [0.25, 0.3) is 0 Å². The Bertz CT molecular complexity index is 712. The van der Waals surface area contributed by atoms with Crippen molar-refractivity contribution in [2.75, 3.05) is 5.32 Å². The van der Waals surface area contributed by atoms with E-state index in [0.717, 1.165) is 12.1 Å². The first-order chi connectivity index (χ1) is 11.9. The minimum absolute atomic E-state index is 0.0829. The van der Waals surface area contributed by atoms with Crippen molar-refractivity contribution in [3.8, 4) is 5.75 Å². The monoisotopic (exact) mass is 389 g/mol. The molecule has 0 spiro atoms. The highest BCUT2D eigenvalue weighted by atomic mass is 32.2. The van der Waals surface area contributed by atoms with Gasteiger partial charge < -0.3 is 15.4 Å². The number of ether oxygens (including phenoxy) is 1. The van der Waals surface area contributed by atoms with E-state index in [1.807, 2.05) is 20.8 Å². The van der Waals surface area contributed by atoms with Crippen LogP contribution in [0.5, 0.6) is 5.75 Å². The molecule has 0 saturated carbocycles. The molecule has 1 fully saturated rings. The molecule has 1 atom stereocenters. The Kier molecular flexibility index (Phi) is 5.84. The van der Waals surface area contributed by atoms with Gasteiger partial charge in [-0.25, -0.2) is 0 Å². The average Bonchev–Trinajstić information content (AvgIpc) is 2.77. The third-order valence-corrected chi connectivity index (χ3v) is 4.04. The van der Waals surface area contributed by atoms with Gasteiger partial charge in [-0.2, -0.15) is 0 Å². The minimum atomic E-state index is -4.77. The lowest BCUT2D eigenvalue weighted by atomic mass is 10.1. The summed E-state index contributed by atoms with van der Waals surface area (Å²) < 4.78 is 40.1. The molecular formula is C16H18F3N3O3S. The van der Waals surface area contributed by atoms with Crippen LogP contribution in [0, 0.1) is 0 Å². The zero-order valence-electron chi connectivity index (χ0n) is 14.3. The molecule has 1 aliphatic heterocycles. The van der Waals surface area contributed by atoms with Gasteiger partial charge in [-0.3, -0.25) is 14.6 Å². The number of amides is 2. The lowest BCUT2D eigenvalue weighted by Gasteiger charge is -2.12. The predicted molar refractivity (Wildman–Crippen MR) is 93.1 cm³/mol. The summed E-state index contributed by atoms with van der Waals surface area (Å²) in [5.74, 6) is -1.12. The number of thioether (sulfide) groups is 1. The van der Waals surface area contributed by atoms with Gasteiger partial charge in [0, 0.05) is 12.1 Å². The van der Waals surface area contributed by atoms with Gasteiger partial charge in [-0.1, -0.05) is 11.8 Å². The highest BCUT2D eigenvalue weighted by Gasteiger charge is 2.33. The minimum Gasteiger partial charge on any atom is -0.406 e. The van der Waals surface area contributed by atoms with Gasteiger partial charge >= 0.3 is 6.36 Å². The molecule has 1 aromatic rings. The second kappa shape index (κ2) is 7.56. The standard InChI is InChI=1S/C16H18F3N3O3S/c1-15(2,3)22-14-21-13(24)11(26-14)8-12(23)20-9-4-6-10(7-5-9)25-16(17,18)19/h4-7,11H,8H2,1-3H3,(H,20,23)(H,21,22,24)/t11-/m0/s1. The molecule has 2 amide bonds. The highest BCUT2D eigenvalue weighted by Crippen LogP contribution is 2.26. The Hall–Kier alpha value is -2.23. The first-order valence-electron chi connectivity index (χ1n) is 7.64. The predicted octanol–water partition coefficient (Wildman–Crippen LogP) is 3.30. The van der Waals surface area contributed by atoms with E-state index < -0.39 is 17.5 Å². The number of alkyl halides is 3. The van der Waals surface area contributed by atoms with Crippen LogP contribution in [-0.2, 0) is 9.59 Å². The zero-order valence-corrected chi connectivity index (χ0v) is 15.1. The number of hydrogen-bond donors (Lipinski definition) is 2. The van der Waals surface area contributed by atoms with E-state index in [9.17, 15) is 22.8 Å². The van der Waals surface area contributed by atoms with E-state index in [4.69, 9.17) is 0 Å². The number of aliphatic imine (C=N–C) groups is 1. The molecule has 0 unspecified atom stereocenters. The van der Waals surface area contributed by atoms with Crippen molar-refractivity contribution in [2.45, 2.75) is 44.3 Å². The largest absolute Gasteiger partial charge is 0.573 e. The SMILES string of the molecule is CC(C)(C)N=C1NC(=O)[C@H](CC(=O)Nc2ccc(OC(F)(F)F)cc2)S1. The summed E-state index contributed by atoms with van der Waals surface area (Å²) in [5.41, 5.74) is -0.0518. The molecule has 1 heterocycles. The van der Waals surface area contributed by atoms with Crippen LogP contribution in [0.3, 0.4) is 0 Å². The fourth-order valence-corrected chi connectivity index (χ4v) is 3.17. The molecule has 142 valence electrons. The summed E-state index contributed by atoms with van der Waals surface area (Å²) in [7, 11) is 0. The maximum absolute atomic E-state index is 12.1. The molecule has 2 rings (SSSR count). The van der Waals surface area contributed by atoms with E-state index in [0.29, 0.717) is 10.9 Å². The van der Waals surface area contributed by atoms with E-state index in [1.54, 1.807) is 0 Å². The van der Waals surface area contributed by atoms with Gasteiger partial charge in [0.15, 0.2) is 5.17 Å². The molecular weight excluding hydrogens is 371 g/mol. The number of rotatable bonds is 4. The quantitative estimate of drug-likeness (QED) is 0.828. The number of benzene rings is 1. The maximum atomic E-state index is 12.1. The first-order valence-corrected chi connectivity index (χ1v) is 8.52. The zero-order chi connectivity index (χ0) is 19.5. The number of amidine groups is 1. The van der Waals surface area contributed by atoms with Crippen LogP contribution >= 0.6 is 11.8 Å². The third-order valence-electron chi connectivity index (χ3n) is 2.96. The summed E-state index contributed by atoms with van der Waals surface area (Å²) >= 11 is 1.18. The van der Waals surface area contributed by atoms with E-state index in [-0.39, 0.29) is 23.6 Å². The Morgan fingerprint density at radius 1 is 1.27 bits per heavy atom. The lowest BCUT2D eigenvalue weighted by Crippen LogP contribution is -2.28. The summed E-state index contributed by atoms with van der Waals surface area (Å²) in [4.78, 5) is 28.3. The number of nitrogens with zero attached hydrogens (tertiary/aromatic N) is 1. The average molecular weight is 389 g/mol. The number of carbonyl (C=O) groups excluding carboxylic acids is 2. The number of anilines is 1. The van der Waals surface area contributed by atoms with Crippen LogP contribution in [0.4, 0.5) is 18.9 Å². The summed E-state index contributed by atoms with van der Waals surface area (Å²) in [6.45, 7) is 5.66. The van der Waals surface area contributed by atoms with Crippen molar-refractivity contribution in [1.82, 2.24) is 5.32 Å². The van der Waals surface area contributed by atoms with Crippen LogP contribution in [0.2, 0.25) is 0 Å². The maximum Gasteiger partial charge on any atom is 0.573 e. The number of halogens is 3. The van der Waals surface area contributed by atoms with Crippen molar-refractivity contribution in [3.63, 3.8) is 0 Å². The lowest BCUT2D eigenvalue weighted by molar-refractivity contribution is -0.274. The molecule has 10 heteroatoms. The Balaban J connectivity index is 1.91. The molecule has 0 bridgehead atoms. The molecule has 0 aromatic heterocycles. The summed E-state index contributed by atoms with van der Waals surface area (Å²) in [5, 5.41) is 5.02. The Morgan fingerprint density at radius 3 is 2.42 bits per heavy atom. The van der Waals surface area contributed by atoms with Crippen LogP contribution < -0.4 is 15.4 Å². The highest BCUT2D eigenvalue weighted by molar-refractivity contribution is 8.15. The fraction of sp³-hybridized carbons (Fsp3) is 0.438. The van der Waals surface area contributed by atoms with Crippen molar-refractivity contribution >= 4 is 34.4 Å². The van der Waals surface area contributed by atoms with Gasteiger partial charge in [-0.05, 0) is 45.0 Å². The molecule has 0 radical (unpaired) electrons. The van der Waals surface area contributed by atoms with Crippen LogP contribution in [0.25, 0.3) is 0 Å². The summed E-state index contributed by atoms with van der Waals surface area (Å²) in [6, 6.07) is 4.75. The topological polar surface area (TPSA) is 79.8 Å². The normalized spacial score (nSPS) is 19.4. The van der Waals surface area contributed by atoms with Crippen molar-refractivity contribution < 1.29 is 27.5 Å². The number of hydrogen-bond acceptors (Lipinski definition) is 5. The van der Waals surface area contributed by atoms with E-state index >= 15 is 0 Å². The van der Waals surface area contributed by atoms with Crippen LogP contribution in [0.15, 0.2) is 29.3 Å². The fourth-order valence-electron chi connectivity index (χ4n) is 2.02. The smallest absolute Gasteiger partial charge is 0.406 e. The molecule has 1 aliphatic rings. The van der Waals surface area contributed by atoms with Crippen molar-refractivity contribution in [2.24, 2.45) is 4.99 Å². The molecule has 26 heavy (non-hydrogen) atoms. The van der Waals surface area contributed by atoms with Crippen molar-refractivity contribution in [1.29, 1.82) is 0 Å². The van der Waals surface area contributed by atoms with Crippen molar-refractivity contribution in [3.05, 3.63) is 24.3 Å². The molecule has 1 saturated heterocycles. The number of nitrogens with one attached hydrogen (secondary N) is 2. The van der Waals surface area contributed by atoms with Crippen LogP contribution in [-0.4, -0.2) is 34.1 Å². The van der Waals surface area contributed by atoms with E-state index in [2.05, 4.69) is 20.4 Å². The van der Waals surface area contributed by atoms with Gasteiger partial charge in [0.1, 0.15) is 11.0 Å². The van der Waals surface area contributed by atoms with E-state index in [1.165, 1.54) is 23.9 Å². The third kappa shape index (κ3) is 6.58.